The van der Waals surface area contributed by atoms with Crippen LogP contribution in [0.4, 0.5) is 11.6 Å². The SMILES string of the molecule is CCOc1ccc(C2C(C(=O)Nc3ccccc3)=C(C)Nc3nc(-c4cccc(O)c4)nn32)cc1OC. The van der Waals surface area contributed by atoms with Crippen molar-refractivity contribution in [3.8, 4) is 28.6 Å². The molecule has 0 aliphatic carbocycles. The number of ether oxygens (including phenoxy) is 2. The Morgan fingerprint density at radius 3 is 2.62 bits per heavy atom. The number of aromatic hydroxyl groups is 1. The van der Waals surface area contributed by atoms with Crippen molar-refractivity contribution in [1.82, 2.24) is 14.8 Å². The van der Waals surface area contributed by atoms with E-state index in [2.05, 4.69) is 15.6 Å². The molecule has 0 fully saturated rings. The van der Waals surface area contributed by atoms with E-state index >= 15 is 0 Å². The van der Waals surface area contributed by atoms with Crippen LogP contribution in [0.15, 0.2) is 84.1 Å². The molecule has 1 aromatic heterocycles. The number of benzene rings is 3. The summed E-state index contributed by atoms with van der Waals surface area (Å²) in [6.45, 7) is 4.24. The summed E-state index contributed by atoms with van der Waals surface area (Å²) in [5.41, 5.74) is 3.23. The molecule has 0 spiro atoms. The van der Waals surface area contributed by atoms with Gasteiger partial charge in [-0.1, -0.05) is 36.4 Å². The lowest BCUT2D eigenvalue weighted by molar-refractivity contribution is -0.113. The van der Waals surface area contributed by atoms with Crippen molar-refractivity contribution in [3.63, 3.8) is 0 Å². The molecule has 5 rings (SSSR count). The van der Waals surface area contributed by atoms with Crippen molar-refractivity contribution in [2.45, 2.75) is 19.9 Å². The predicted molar refractivity (Wildman–Crippen MR) is 141 cm³/mol. The average Bonchev–Trinajstić information content (AvgIpc) is 3.32. The largest absolute Gasteiger partial charge is 0.508 e. The van der Waals surface area contributed by atoms with Crippen LogP contribution in [0.3, 0.4) is 0 Å². The summed E-state index contributed by atoms with van der Waals surface area (Å²) < 4.78 is 13.0. The molecule has 3 aromatic carbocycles. The van der Waals surface area contributed by atoms with Gasteiger partial charge in [0.15, 0.2) is 17.3 Å². The highest BCUT2D eigenvalue weighted by atomic mass is 16.5. The van der Waals surface area contributed by atoms with E-state index in [4.69, 9.17) is 14.6 Å². The number of hydrogen-bond acceptors (Lipinski definition) is 7. The first-order valence-electron chi connectivity index (χ1n) is 11.9. The molecular weight excluding hydrogens is 470 g/mol. The second-order valence-electron chi connectivity index (χ2n) is 8.48. The number of hydrogen-bond donors (Lipinski definition) is 3. The van der Waals surface area contributed by atoms with E-state index in [-0.39, 0.29) is 11.7 Å². The molecule has 9 heteroatoms. The number of allylic oxidation sites excluding steroid dienone is 1. The number of anilines is 2. The number of fused-ring (bicyclic) bond motifs is 1. The molecule has 1 aliphatic rings. The van der Waals surface area contributed by atoms with E-state index in [1.54, 1.807) is 30.0 Å². The molecule has 1 atom stereocenters. The van der Waals surface area contributed by atoms with Crippen LogP contribution in [0, 0.1) is 0 Å². The third-order valence-electron chi connectivity index (χ3n) is 6.04. The van der Waals surface area contributed by atoms with Crippen LogP contribution in [-0.4, -0.2) is 39.5 Å². The zero-order chi connectivity index (χ0) is 25.9. The Kier molecular flexibility index (Phi) is 6.51. The maximum Gasteiger partial charge on any atom is 0.255 e. The Morgan fingerprint density at radius 1 is 1.08 bits per heavy atom. The number of nitrogens with one attached hydrogen (secondary N) is 2. The molecular formula is C28H27N5O4. The maximum atomic E-state index is 13.7. The van der Waals surface area contributed by atoms with Crippen molar-refractivity contribution in [2.75, 3.05) is 24.4 Å². The first kappa shape index (κ1) is 23.9. The van der Waals surface area contributed by atoms with E-state index in [9.17, 15) is 9.90 Å². The molecule has 188 valence electrons. The average molecular weight is 498 g/mol. The summed E-state index contributed by atoms with van der Waals surface area (Å²) in [6.07, 6.45) is 0. The van der Waals surface area contributed by atoms with Gasteiger partial charge in [0.2, 0.25) is 5.95 Å². The molecule has 3 N–H and O–H groups in total. The number of para-hydroxylation sites is 1. The van der Waals surface area contributed by atoms with Crippen molar-refractivity contribution < 1.29 is 19.4 Å². The molecule has 4 aromatic rings. The van der Waals surface area contributed by atoms with Gasteiger partial charge in [0.05, 0.1) is 19.3 Å². The molecule has 1 unspecified atom stereocenters. The summed E-state index contributed by atoms with van der Waals surface area (Å²) in [7, 11) is 1.58. The minimum atomic E-state index is -0.608. The number of amides is 1. The van der Waals surface area contributed by atoms with E-state index < -0.39 is 6.04 Å². The van der Waals surface area contributed by atoms with Crippen LogP contribution < -0.4 is 20.1 Å². The predicted octanol–water partition coefficient (Wildman–Crippen LogP) is 4.99. The Balaban J connectivity index is 1.63. The quantitative estimate of drug-likeness (QED) is 0.330. The number of phenols is 1. The van der Waals surface area contributed by atoms with Crippen molar-refractivity contribution in [3.05, 3.63) is 89.6 Å². The van der Waals surface area contributed by atoms with Crippen LogP contribution in [0.5, 0.6) is 17.2 Å². The van der Waals surface area contributed by atoms with Gasteiger partial charge in [-0.25, -0.2) is 4.68 Å². The van der Waals surface area contributed by atoms with Crippen molar-refractivity contribution >= 4 is 17.5 Å². The topological polar surface area (TPSA) is 111 Å². The lowest BCUT2D eigenvalue weighted by Crippen LogP contribution is -2.31. The lowest BCUT2D eigenvalue weighted by Gasteiger charge is -2.29. The first-order valence-corrected chi connectivity index (χ1v) is 11.9. The molecule has 2 heterocycles. The molecule has 0 bridgehead atoms. The van der Waals surface area contributed by atoms with Gasteiger partial charge >= 0.3 is 0 Å². The highest BCUT2D eigenvalue weighted by Gasteiger charge is 2.35. The summed E-state index contributed by atoms with van der Waals surface area (Å²) in [5.74, 6) is 1.90. The Hall–Kier alpha value is -4.79. The van der Waals surface area contributed by atoms with E-state index in [0.29, 0.717) is 52.4 Å². The molecule has 0 radical (unpaired) electrons. The fourth-order valence-corrected chi connectivity index (χ4v) is 4.37. The van der Waals surface area contributed by atoms with Crippen molar-refractivity contribution in [2.24, 2.45) is 0 Å². The Bertz CT molecular complexity index is 1480. The molecule has 9 nitrogen and oxygen atoms in total. The number of nitrogens with zero attached hydrogens (tertiary/aromatic N) is 3. The zero-order valence-corrected chi connectivity index (χ0v) is 20.7. The summed E-state index contributed by atoms with van der Waals surface area (Å²) in [6, 6.07) is 21.0. The van der Waals surface area contributed by atoms with Crippen LogP contribution in [-0.2, 0) is 4.79 Å². The van der Waals surface area contributed by atoms with Crippen LogP contribution in [0.2, 0.25) is 0 Å². The van der Waals surface area contributed by atoms with E-state index in [1.165, 1.54) is 0 Å². The lowest BCUT2D eigenvalue weighted by atomic mass is 9.94. The molecule has 1 aliphatic heterocycles. The van der Waals surface area contributed by atoms with E-state index in [1.807, 2.05) is 68.4 Å². The number of methoxy groups -OCH3 is 1. The van der Waals surface area contributed by atoms with Gasteiger partial charge in [0.25, 0.3) is 5.91 Å². The number of phenolic OH excluding ortho intramolecular Hbond substituents is 1. The fourth-order valence-electron chi connectivity index (χ4n) is 4.37. The number of carbonyl (C=O) groups is 1. The van der Waals surface area contributed by atoms with Gasteiger partial charge in [-0.3, -0.25) is 4.79 Å². The van der Waals surface area contributed by atoms with Crippen LogP contribution in [0.1, 0.15) is 25.5 Å². The van der Waals surface area contributed by atoms with Gasteiger partial charge in [-0.2, -0.15) is 4.98 Å². The molecule has 37 heavy (non-hydrogen) atoms. The smallest absolute Gasteiger partial charge is 0.255 e. The second-order valence-corrected chi connectivity index (χ2v) is 8.48. The highest BCUT2D eigenvalue weighted by molar-refractivity contribution is 6.06. The van der Waals surface area contributed by atoms with Crippen LogP contribution in [0.25, 0.3) is 11.4 Å². The summed E-state index contributed by atoms with van der Waals surface area (Å²) in [5, 5.41) is 20.9. The number of rotatable bonds is 7. The minimum Gasteiger partial charge on any atom is -0.508 e. The van der Waals surface area contributed by atoms with Gasteiger partial charge in [0.1, 0.15) is 11.8 Å². The Labute approximate surface area is 214 Å². The first-order chi connectivity index (χ1) is 18.0. The summed E-state index contributed by atoms with van der Waals surface area (Å²) >= 11 is 0. The van der Waals surface area contributed by atoms with Gasteiger partial charge in [0, 0.05) is 16.9 Å². The fraction of sp³-hybridized carbons (Fsp3) is 0.179. The van der Waals surface area contributed by atoms with Crippen LogP contribution >= 0.6 is 0 Å². The third kappa shape index (κ3) is 4.71. The normalized spacial score (nSPS) is 14.5. The minimum absolute atomic E-state index is 0.114. The Morgan fingerprint density at radius 2 is 1.89 bits per heavy atom. The molecule has 0 saturated heterocycles. The molecule has 0 saturated carbocycles. The van der Waals surface area contributed by atoms with E-state index in [0.717, 1.165) is 5.56 Å². The second kappa shape index (κ2) is 10.1. The zero-order valence-electron chi connectivity index (χ0n) is 20.7. The number of aromatic nitrogens is 3. The third-order valence-corrected chi connectivity index (χ3v) is 6.04. The van der Waals surface area contributed by atoms with Gasteiger partial charge < -0.3 is 25.2 Å². The highest BCUT2D eigenvalue weighted by Crippen LogP contribution is 2.40. The molecule has 1 amide bonds. The standard InChI is InChI=1S/C28H27N5O4/c1-4-37-22-14-13-18(16-23(22)36-3)25-24(27(35)30-20-10-6-5-7-11-20)17(2)29-28-31-26(32-33(25)28)19-9-8-12-21(34)15-19/h5-16,25,34H,4H2,1-3H3,(H,30,35)(H,29,31,32). The maximum absolute atomic E-state index is 13.7. The number of carbonyl (C=O) groups excluding carboxylic acids is 1. The summed E-state index contributed by atoms with van der Waals surface area (Å²) in [4.78, 5) is 18.3. The van der Waals surface area contributed by atoms with Gasteiger partial charge in [-0.15, -0.1) is 5.10 Å². The van der Waals surface area contributed by atoms with Gasteiger partial charge in [-0.05, 0) is 55.8 Å². The monoisotopic (exact) mass is 497 g/mol. The van der Waals surface area contributed by atoms with Crippen molar-refractivity contribution in [1.29, 1.82) is 0 Å².